The molecule has 0 spiro atoms. The third-order valence-corrected chi connectivity index (χ3v) is 4.48. The van der Waals surface area contributed by atoms with E-state index in [2.05, 4.69) is 31.1 Å². The van der Waals surface area contributed by atoms with Gasteiger partial charge in [0.2, 0.25) is 0 Å². The molecule has 1 N–H and O–H groups in total. The van der Waals surface area contributed by atoms with Crippen LogP contribution < -0.4 is 10.2 Å². The largest absolute Gasteiger partial charge is 0.354 e. The summed E-state index contributed by atoms with van der Waals surface area (Å²) in [4.78, 5) is 6.79. The summed E-state index contributed by atoms with van der Waals surface area (Å²) in [6.07, 6.45) is 4.35. The lowest BCUT2D eigenvalue weighted by atomic mass is 9.94. The average molecular weight is 317 g/mol. The fourth-order valence-electron chi connectivity index (χ4n) is 2.86. The molecular formula is C12H15BrClN3. The number of halogens is 2. The molecule has 92 valence electrons. The number of aromatic nitrogens is 1. The molecule has 2 aliphatic heterocycles. The topological polar surface area (TPSA) is 28.2 Å². The third kappa shape index (κ3) is 2.30. The zero-order valence-electron chi connectivity index (χ0n) is 9.50. The van der Waals surface area contributed by atoms with Crippen LogP contribution in [0.1, 0.15) is 12.8 Å². The molecule has 0 aromatic carbocycles. The van der Waals surface area contributed by atoms with E-state index < -0.39 is 0 Å². The Morgan fingerprint density at radius 1 is 1.47 bits per heavy atom. The van der Waals surface area contributed by atoms with E-state index in [1.165, 1.54) is 12.8 Å². The second kappa shape index (κ2) is 4.75. The van der Waals surface area contributed by atoms with Gasteiger partial charge in [-0.1, -0.05) is 11.6 Å². The van der Waals surface area contributed by atoms with Gasteiger partial charge in [-0.3, -0.25) is 0 Å². The van der Waals surface area contributed by atoms with E-state index in [1.807, 2.05) is 6.07 Å². The van der Waals surface area contributed by atoms with Crippen molar-refractivity contribution in [1.82, 2.24) is 10.3 Å². The highest BCUT2D eigenvalue weighted by Crippen LogP contribution is 2.32. The fraction of sp³-hybridized carbons (Fsp3) is 0.583. The Kier molecular flexibility index (Phi) is 3.28. The van der Waals surface area contributed by atoms with E-state index in [0.717, 1.165) is 35.8 Å². The first-order valence-electron chi connectivity index (χ1n) is 6.03. The van der Waals surface area contributed by atoms with Crippen LogP contribution in [-0.4, -0.2) is 30.7 Å². The summed E-state index contributed by atoms with van der Waals surface area (Å²) in [5.41, 5.74) is 0. The molecule has 3 rings (SSSR count). The first-order valence-corrected chi connectivity index (χ1v) is 7.20. The van der Waals surface area contributed by atoms with Crippen molar-refractivity contribution in [2.45, 2.75) is 18.9 Å². The summed E-state index contributed by atoms with van der Waals surface area (Å²) in [5.74, 6) is 1.79. The number of anilines is 1. The highest BCUT2D eigenvalue weighted by Gasteiger charge is 2.35. The number of hydrogen-bond donors (Lipinski definition) is 1. The maximum Gasteiger partial charge on any atom is 0.143 e. The SMILES string of the molecule is Clc1cnc(N2CC3CCCNC3C2)c(Br)c1. The second-order valence-corrected chi connectivity index (χ2v) is 6.12. The van der Waals surface area contributed by atoms with Gasteiger partial charge in [0, 0.05) is 25.3 Å². The Hall–Kier alpha value is -0.320. The van der Waals surface area contributed by atoms with Crippen LogP contribution in [0.25, 0.3) is 0 Å². The van der Waals surface area contributed by atoms with Gasteiger partial charge in [0.05, 0.1) is 9.50 Å². The predicted molar refractivity (Wildman–Crippen MR) is 73.7 cm³/mol. The summed E-state index contributed by atoms with van der Waals surface area (Å²) in [7, 11) is 0. The van der Waals surface area contributed by atoms with Gasteiger partial charge in [-0.15, -0.1) is 0 Å². The average Bonchev–Trinajstić information content (AvgIpc) is 2.72. The van der Waals surface area contributed by atoms with Gasteiger partial charge < -0.3 is 10.2 Å². The standard InChI is InChI=1S/C12H15BrClN3/c13-10-4-9(14)5-16-12(10)17-6-8-2-1-3-15-11(8)7-17/h4-5,8,11,15H,1-3,6-7H2. The van der Waals surface area contributed by atoms with Crippen molar-refractivity contribution in [3.8, 4) is 0 Å². The number of hydrogen-bond acceptors (Lipinski definition) is 3. The molecule has 2 unspecified atom stereocenters. The monoisotopic (exact) mass is 315 g/mol. The van der Waals surface area contributed by atoms with Crippen molar-refractivity contribution in [3.05, 3.63) is 21.8 Å². The first-order chi connectivity index (χ1) is 8.24. The molecular weight excluding hydrogens is 302 g/mol. The maximum absolute atomic E-state index is 5.92. The molecule has 0 radical (unpaired) electrons. The van der Waals surface area contributed by atoms with Crippen molar-refractivity contribution in [1.29, 1.82) is 0 Å². The Balaban J connectivity index is 1.81. The van der Waals surface area contributed by atoms with Crippen LogP contribution in [0.4, 0.5) is 5.82 Å². The van der Waals surface area contributed by atoms with E-state index >= 15 is 0 Å². The van der Waals surface area contributed by atoms with Gasteiger partial charge in [-0.05, 0) is 47.3 Å². The normalized spacial score (nSPS) is 28.2. The summed E-state index contributed by atoms with van der Waals surface area (Å²) < 4.78 is 0.989. The molecule has 0 amide bonds. The number of nitrogens with one attached hydrogen (secondary N) is 1. The van der Waals surface area contributed by atoms with Gasteiger partial charge in [-0.25, -0.2) is 4.98 Å². The van der Waals surface area contributed by atoms with E-state index in [-0.39, 0.29) is 0 Å². The van der Waals surface area contributed by atoms with E-state index in [9.17, 15) is 0 Å². The molecule has 1 aromatic rings. The van der Waals surface area contributed by atoms with Crippen molar-refractivity contribution in [2.24, 2.45) is 5.92 Å². The van der Waals surface area contributed by atoms with Gasteiger partial charge in [-0.2, -0.15) is 0 Å². The number of fused-ring (bicyclic) bond motifs is 1. The quantitative estimate of drug-likeness (QED) is 0.863. The van der Waals surface area contributed by atoms with Gasteiger partial charge in [0.1, 0.15) is 5.82 Å². The molecule has 3 heterocycles. The van der Waals surface area contributed by atoms with Crippen molar-refractivity contribution in [3.63, 3.8) is 0 Å². The van der Waals surface area contributed by atoms with Crippen molar-refractivity contribution >= 4 is 33.3 Å². The van der Waals surface area contributed by atoms with Crippen molar-refractivity contribution in [2.75, 3.05) is 24.5 Å². The van der Waals surface area contributed by atoms with E-state index in [0.29, 0.717) is 11.1 Å². The Bertz CT molecular complexity index is 412. The van der Waals surface area contributed by atoms with Gasteiger partial charge >= 0.3 is 0 Å². The number of pyridine rings is 1. The zero-order valence-corrected chi connectivity index (χ0v) is 11.8. The minimum Gasteiger partial charge on any atom is -0.354 e. The first kappa shape index (κ1) is 11.8. The molecule has 2 saturated heterocycles. The summed E-state index contributed by atoms with van der Waals surface area (Å²) >= 11 is 9.47. The maximum atomic E-state index is 5.92. The Morgan fingerprint density at radius 2 is 2.35 bits per heavy atom. The van der Waals surface area contributed by atoms with Crippen LogP contribution in [0.3, 0.4) is 0 Å². The lowest BCUT2D eigenvalue weighted by Gasteiger charge is -2.24. The van der Waals surface area contributed by atoms with E-state index in [4.69, 9.17) is 11.6 Å². The number of nitrogens with zero attached hydrogens (tertiary/aromatic N) is 2. The fourth-order valence-corrected chi connectivity index (χ4v) is 3.75. The zero-order chi connectivity index (χ0) is 11.8. The van der Waals surface area contributed by atoms with E-state index in [1.54, 1.807) is 6.20 Å². The molecule has 2 fully saturated rings. The highest BCUT2D eigenvalue weighted by atomic mass is 79.9. The minimum absolute atomic E-state index is 0.633. The van der Waals surface area contributed by atoms with Crippen LogP contribution in [0, 0.1) is 5.92 Å². The highest BCUT2D eigenvalue weighted by molar-refractivity contribution is 9.10. The minimum atomic E-state index is 0.633. The number of rotatable bonds is 1. The molecule has 2 atom stereocenters. The summed E-state index contributed by atoms with van der Waals surface area (Å²) in [6.45, 7) is 3.31. The Morgan fingerprint density at radius 3 is 3.12 bits per heavy atom. The van der Waals surface area contributed by atoms with Crippen molar-refractivity contribution < 1.29 is 0 Å². The summed E-state index contributed by atoms with van der Waals surface area (Å²) in [5, 5.41) is 4.28. The summed E-state index contributed by atoms with van der Waals surface area (Å²) in [6, 6.07) is 2.55. The molecule has 0 bridgehead atoms. The van der Waals surface area contributed by atoms with Gasteiger partial charge in [0.25, 0.3) is 0 Å². The van der Waals surface area contributed by atoms with Gasteiger partial charge in [0.15, 0.2) is 0 Å². The molecule has 1 aromatic heterocycles. The molecule has 2 aliphatic rings. The smallest absolute Gasteiger partial charge is 0.143 e. The molecule has 3 nitrogen and oxygen atoms in total. The van der Waals surface area contributed by atoms with Crippen LogP contribution in [0.15, 0.2) is 16.7 Å². The molecule has 0 saturated carbocycles. The molecule has 5 heteroatoms. The third-order valence-electron chi connectivity index (χ3n) is 3.69. The van der Waals surface area contributed by atoms with Crippen LogP contribution in [0.5, 0.6) is 0 Å². The second-order valence-electron chi connectivity index (χ2n) is 4.83. The Labute approximate surface area is 115 Å². The lowest BCUT2D eigenvalue weighted by molar-refractivity contribution is 0.340. The molecule has 17 heavy (non-hydrogen) atoms. The predicted octanol–water partition coefficient (Wildman–Crippen LogP) is 2.69. The molecule has 0 aliphatic carbocycles. The number of piperidine rings is 1. The van der Waals surface area contributed by atoms with Crippen LogP contribution in [0.2, 0.25) is 5.02 Å². The van der Waals surface area contributed by atoms with Crippen LogP contribution >= 0.6 is 27.5 Å². The van der Waals surface area contributed by atoms with Crippen LogP contribution in [-0.2, 0) is 0 Å². The lowest BCUT2D eigenvalue weighted by Crippen LogP contribution is -2.40.